The fourth-order valence-electron chi connectivity index (χ4n) is 6.32. The van der Waals surface area contributed by atoms with E-state index in [1.807, 2.05) is 6.07 Å². The van der Waals surface area contributed by atoms with Crippen molar-refractivity contribution in [1.29, 1.82) is 0 Å². The van der Waals surface area contributed by atoms with Crippen molar-refractivity contribution in [2.75, 3.05) is 0 Å². The monoisotopic (exact) mass is 406 g/mol. The zero-order valence-corrected chi connectivity index (χ0v) is 18.8. The lowest BCUT2D eigenvalue weighted by Crippen LogP contribution is -2.25. The SMILES string of the molecule is C=CCCC1CCC(C2CCC(c3ccc4cc(CCC)ccc4c3F)CC2)CC1. The molecule has 0 nitrogen and oxygen atoms in total. The van der Waals surface area contributed by atoms with E-state index in [0.29, 0.717) is 5.92 Å². The van der Waals surface area contributed by atoms with Crippen LogP contribution in [-0.2, 0) is 6.42 Å². The Bertz CT molecular complexity index is 835. The van der Waals surface area contributed by atoms with Gasteiger partial charge in [-0.1, -0.05) is 62.6 Å². The van der Waals surface area contributed by atoms with E-state index in [4.69, 9.17) is 0 Å². The average molecular weight is 407 g/mol. The van der Waals surface area contributed by atoms with Crippen LogP contribution in [0.5, 0.6) is 0 Å². The third kappa shape index (κ3) is 4.82. The highest BCUT2D eigenvalue weighted by molar-refractivity contribution is 5.84. The van der Waals surface area contributed by atoms with Gasteiger partial charge in [0.15, 0.2) is 0 Å². The maximum atomic E-state index is 15.4. The number of allylic oxidation sites excluding steroid dienone is 1. The van der Waals surface area contributed by atoms with Gasteiger partial charge in [-0.3, -0.25) is 0 Å². The van der Waals surface area contributed by atoms with E-state index in [1.165, 1.54) is 56.9 Å². The molecule has 0 radical (unpaired) electrons. The Morgan fingerprint density at radius 3 is 2.30 bits per heavy atom. The first-order valence-electron chi connectivity index (χ1n) is 12.5. The van der Waals surface area contributed by atoms with E-state index in [1.54, 1.807) is 0 Å². The molecule has 0 aromatic heterocycles. The van der Waals surface area contributed by atoms with Crippen molar-refractivity contribution in [3.63, 3.8) is 0 Å². The van der Waals surface area contributed by atoms with E-state index in [0.717, 1.165) is 59.8 Å². The van der Waals surface area contributed by atoms with Crippen LogP contribution in [-0.4, -0.2) is 0 Å². The molecular formula is C29H39F. The van der Waals surface area contributed by atoms with Gasteiger partial charge in [-0.15, -0.1) is 6.58 Å². The first kappa shape index (κ1) is 21.6. The quantitative estimate of drug-likeness (QED) is 0.402. The van der Waals surface area contributed by atoms with Crippen molar-refractivity contribution in [3.05, 3.63) is 59.9 Å². The molecule has 2 aromatic carbocycles. The smallest absolute Gasteiger partial charge is 0.134 e. The molecule has 0 saturated heterocycles. The van der Waals surface area contributed by atoms with E-state index in [-0.39, 0.29) is 5.82 Å². The van der Waals surface area contributed by atoms with Crippen molar-refractivity contribution < 1.29 is 4.39 Å². The van der Waals surface area contributed by atoms with Crippen molar-refractivity contribution in [2.24, 2.45) is 17.8 Å². The molecule has 0 spiro atoms. The molecule has 0 bridgehead atoms. The Morgan fingerprint density at radius 1 is 0.933 bits per heavy atom. The van der Waals surface area contributed by atoms with Gasteiger partial charge >= 0.3 is 0 Å². The molecule has 0 aliphatic heterocycles. The minimum absolute atomic E-state index is 0.0433. The fourth-order valence-corrected chi connectivity index (χ4v) is 6.32. The number of hydrogen-bond acceptors (Lipinski definition) is 0. The largest absolute Gasteiger partial charge is 0.206 e. The highest BCUT2D eigenvalue weighted by atomic mass is 19.1. The minimum Gasteiger partial charge on any atom is -0.206 e. The van der Waals surface area contributed by atoms with Crippen molar-refractivity contribution in [3.8, 4) is 0 Å². The molecule has 0 amide bonds. The predicted octanol–water partition coefficient (Wildman–Crippen LogP) is 8.98. The van der Waals surface area contributed by atoms with Gasteiger partial charge in [-0.05, 0) is 98.0 Å². The molecule has 2 fully saturated rings. The summed E-state index contributed by atoms with van der Waals surface area (Å²) in [6.45, 7) is 6.07. The summed E-state index contributed by atoms with van der Waals surface area (Å²) in [6.07, 6.45) is 17.4. The molecule has 0 unspecified atom stereocenters. The van der Waals surface area contributed by atoms with Crippen LogP contribution in [0.4, 0.5) is 4.39 Å². The summed E-state index contributed by atoms with van der Waals surface area (Å²) >= 11 is 0. The molecule has 1 heteroatoms. The summed E-state index contributed by atoms with van der Waals surface area (Å²) in [5.74, 6) is 3.18. The lowest BCUT2D eigenvalue weighted by atomic mass is 9.68. The number of benzene rings is 2. The summed E-state index contributed by atoms with van der Waals surface area (Å²) in [7, 11) is 0. The van der Waals surface area contributed by atoms with E-state index in [2.05, 4.69) is 43.8 Å². The van der Waals surface area contributed by atoms with Crippen LogP contribution in [0.2, 0.25) is 0 Å². The second-order valence-corrected chi connectivity index (χ2v) is 10.0. The lowest BCUT2D eigenvalue weighted by Gasteiger charge is -2.38. The summed E-state index contributed by atoms with van der Waals surface area (Å²) in [4.78, 5) is 0. The Balaban J connectivity index is 1.36. The first-order valence-corrected chi connectivity index (χ1v) is 12.5. The van der Waals surface area contributed by atoms with Gasteiger partial charge in [-0.25, -0.2) is 4.39 Å². The second kappa shape index (κ2) is 10.1. The van der Waals surface area contributed by atoms with E-state index < -0.39 is 0 Å². The highest BCUT2D eigenvalue weighted by Gasteiger charge is 2.32. The van der Waals surface area contributed by atoms with Crippen LogP contribution in [0.1, 0.15) is 94.6 Å². The minimum atomic E-state index is 0.0433. The molecule has 2 saturated carbocycles. The topological polar surface area (TPSA) is 0 Å². The number of fused-ring (bicyclic) bond motifs is 1. The molecular weight excluding hydrogens is 367 g/mol. The normalized spacial score (nSPS) is 27.3. The van der Waals surface area contributed by atoms with Crippen molar-refractivity contribution >= 4 is 10.8 Å². The number of hydrogen-bond donors (Lipinski definition) is 0. The Kier molecular flexibility index (Phi) is 7.28. The Hall–Kier alpha value is -1.63. The molecule has 0 heterocycles. The lowest BCUT2D eigenvalue weighted by molar-refractivity contribution is 0.156. The van der Waals surface area contributed by atoms with Gasteiger partial charge in [0.1, 0.15) is 5.82 Å². The number of aryl methyl sites for hydroxylation is 1. The maximum Gasteiger partial charge on any atom is 0.134 e. The average Bonchev–Trinajstić information content (AvgIpc) is 2.79. The molecule has 4 rings (SSSR count). The third-order valence-electron chi connectivity index (χ3n) is 8.14. The van der Waals surface area contributed by atoms with Gasteiger partial charge in [0.25, 0.3) is 0 Å². The van der Waals surface area contributed by atoms with Gasteiger partial charge in [0.05, 0.1) is 0 Å². The molecule has 0 atom stereocenters. The van der Waals surface area contributed by atoms with Crippen LogP contribution < -0.4 is 0 Å². The maximum absolute atomic E-state index is 15.4. The summed E-state index contributed by atoms with van der Waals surface area (Å²) in [5.41, 5.74) is 2.29. The number of halogens is 1. The molecule has 2 aliphatic carbocycles. The molecule has 2 aliphatic rings. The standard InChI is InChI=1S/C29H39F/c1-3-5-7-21-8-11-23(12-9-21)24-13-15-25(16-14-24)27-19-17-26-20-22(6-4-2)10-18-28(26)29(27)30/h3,10,17-21,23-25H,1,4-9,11-16H2,2H3. The van der Waals surface area contributed by atoms with Crippen LogP contribution in [0.3, 0.4) is 0 Å². The van der Waals surface area contributed by atoms with Crippen LogP contribution in [0, 0.1) is 23.6 Å². The molecule has 2 aromatic rings. The second-order valence-electron chi connectivity index (χ2n) is 10.0. The fraction of sp³-hybridized carbons (Fsp3) is 0.586. The summed E-state index contributed by atoms with van der Waals surface area (Å²) < 4.78 is 15.4. The van der Waals surface area contributed by atoms with E-state index in [9.17, 15) is 0 Å². The van der Waals surface area contributed by atoms with Gasteiger partial charge in [0.2, 0.25) is 0 Å². The molecule has 162 valence electrons. The Morgan fingerprint density at radius 2 is 1.63 bits per heavy atom. The predicted molar refractivity (Wildman–Crippen MR) is 127 cm³/mol. The van der Waals surface area contributed by atoms with Gasteiger partial charge < -0.3 is 0 Å². The number of rotatable bonds is 7. The molecule has 30 heavy (non-hydrogen) atoms. The zero-order chi connectivity index (χ0) is 20.9. The van der Waals surface area contributed by atoms with Gasteiger partial charge in [-0.2, -0.15) is 0 Å². The van der Waals surface area contributed by atoms with Crippen LogP contribution in [0.25, 0.3) is 10.8 Å². The zero-order valence-electron chi connectivity index (χ0n) is 18.8. The molecule has 0 N–H and O–H groups in total. The van der Waals surface area contributed by atoms with Crippen LogP contribution >= 0.6 is 0 Å². The highest BCUT2D eigenvalue weighted by Crippen LogP contribution is 2.45. The van der Waals surface area contributed by atoms with Crippen LogP contribution in [0.15, 0.2) is 43.0 Å². The summed E-state index contributed by atoms with van der Waals surface area (Å²) in [6, 6.07) is 10.5. The summed E-state index contributed by atoms with van der Waals surface area (Å²) in [5, 5.41) is 1.87. The first-order chi connectivity index (χ1) is 14.7. The Labute approximate surface area is 183 Å². The van der Waals surface area contributed by atoms with Crippen molar-refractivity contribution in [1.82, 2.24) is 0 Å². The van der Waals surface area contributed by atoms with Crippen molar-refractivity contribution in [2.45, 2.75) is 89.9 Å². The van der Waals surface area contributed by atoms with Gasteiger partial charge in [0, 0.05) is 5.39 Å². The third-order valence-corrected chi connectivity index (χ3v) is 8.14. The van der Waals surface area contributed by atoms with E-state index >= 15 is 4.39 Å².